The van der Waals surface area contributed by atoms with Crippen LogP contribution in [0.1, 0.15) is 48.5 Å². The fourth-order valence-corrected chi connectivity index (χ4v) is 2.59. The molecule has 0 heterocycles. The zero-order chi connectivity index (χ0) is 15.0. The molecular weight excluding hydrogens is 263 g/mol. The van der Waals surface area contributed by atoms with Crippen molar-refractivity contribution < 1.29 is 20.9 Å². The highest BCUT2D eigenvalue weighted by Gasteiger charge is 2.37. The van der Waals surface area contributed by atoms with E-state index in [9.17, 15) is 4.79 Å². The lowest BCUT2D eigenvalue weighted by atomic mass is 10.4. The summed E-state index contributed by atoms with van der Waals surface area (Å²) in [6, 6.07) is 0. The summed E-state index contributed by atoms with van der Waals surface area (Å²) in [4.78, 5) is 11.4. The minimum Gasteiger partial charge on any atom is -0.602 e. The molecule has 0 bridgehead atoms. The molecule has 0 fully saturated rings. The third kappa shape index (κ3) is 11.0. The Morgan fingerprint density at radius 3 is 1.79 bits per heavy atom. The van der Waals surface area contributed by atoms with Gasteiger partial charge in [-0.1, -0.05) is 0 Å². The van der Waals surface area contributed by atoms with Gasteiger partial charge in [0.1, 0.15) is 0 Å². The molecule has 0 N–H and O–H groups in total. The van der Waals surface area contributed by atoms with Gasteiger partial charge in [-0.05, 0) is 48.5 Å². The Labute approximate surface area is 121 Å². The fraction of sp³-hybridized carbons (Fsp3) is 0.769. The molecule has 0 rings (SSSR count). The summed E-state index contributed by atoms with van der Waals surface area (Å²) in [7, 11) is 0. The van der Waals surface area contributed by atoms with Crippen LogP contribution in [-0.4, -0.2) is 39.4 Å². The number of esters is 1. The van der Waals surface area contributed by atoms with Crippen molar-refractivity contribution in [1.82, 2.24) is 0 Å². The van der Waals surface area contributed by atoms with Gasteiger partial charge in [0.25, 0.3) is 0 Å². The number of carbonyl (C=O) groups is 1. The van der Waals surface area contributed by atoms with Gasteiger partial charge >= 0.3 is 21.1 Å². The topological polar surface area (TPSA) is 54.0 Å². The maximum absolute atomic E-state index is 11.4. The Kier molecular flexibility index (Phi) is 9.11. The number of ether oxygens (including phenoxy) is 1. The summed E-state index contributed by atoms with van der Waals surface area (Å²) in [5, 5.41) is 0. The molecule has 0 saturated carbocycles. The van der Waals surface area contributed by atoms with Crippen molar-refractivity contribution in [2.24, 2.45) is 0 Å². The van der Waals surface area contributed by atoms with E-state index >= 15 is 0 Å². The molecule has 0 aromatic carbocycles. The van der Waals surface area contributed by atoms with Crippen LogP contribution < -0.4 is 0 Å². The zero-order valence-corrected chi connectivity index (χ0v) is 14.1. The average molecular weight is 288 g/mol. The van der Waals surface area contributed by atoms with E-state index in [4.69, 9.17) is 16.1 Å². The average Bonchev–Trinajstić information content (AvgIpc) is 2.11. The minimum atomic E-state index is -2.28. The number of allylic oxidation sites excluding steroid dienone is 1. The van der Waals surface area contributed by atoms with Crippen LogP contribution in [0.25, 0.3) is 0 Å². The van der Waals surface area contributed by atoms with Crippen LogP contribution in [0.2, 0.25) is 0 Å². The monoisotopic (exact) mass is 288 g/mol. The quantitative estimate of drug-likeness (QED) is 0.297. The molecule has 0 saturated heterocycles. The van der Waals surface area contributed by atoms with Crippen molar-refractivity contribution in [3.63, 3.8) is 0 Å². The first-order chi connectivity index (χ1) is 8.70. The van der Waals surface area contributed by atoms with E-state index < -0.39 is 21.1 Å². The lowest BCUT2D eigenvalue weighted by Crippen LogP contribution is -2.32. The van der Waals surface area contributed by atoms with Gasteiger partial charge in [0.15, 0.2) is 0 Å². The number of hydrogen-bond acceptors (Lipinski definition) is 5. The highest BCUT2D eigenvalue weighted by Crippen LogP contribution is 2.07. The third-order valence-electron chi connectivity index (χ3n) is 1.72. The number of carbonyl (C=O) groups excluding carboxylic acids is 1. The molecule has 0 aliphatic carbocycles. The predicted octanol–water partition coefficient (Wildman–Crippen LogP) is 2.69. The second kappa shape index (κ2) is 9.38. The van der Waals surface area contributed by atoms with Crippen molar-refractivity contribution >= 4 is 21.1 Å². The smallest absolute Gasteiger partial charge is 0.602 e. The van der Waals surface area contributed by atoms with Crippen LogP contribution in [0.5, 0.6) is 0 Å². The summed E-state index contributed by atoms with van der Waals surface area (Å²) < 4.78 is 21.8. The first-order valence-electron chi connectivity index (χ1n) is 6.57. The molecule has 110 valence electrons. The van der Waals surface area contributed by atoms with Crippen LogP contribution in [-0.2, 0) is 20.9 Å². The van der Waals surface area contributed by atoms with Gasteiger partial charge in [0, 0.05) is 12.2 Å². The largest absolute Gasteiger partial charge is 1.00 e. The molecular formula is C13H25AlO5. The van der Waals surface area contributed by atoms with Gasteiger partial charge in [-0.2, -0.15) is 0 Å². The number of hydrogen-bond donors (Lipinski definition) is 0. The van der Waals surface area contributed by atoms with Crippen molar-refractivity contribution in [2.45, 2.75) is 66.8 Å². The maximum Gasteiger partial charge on any atom is 1.00 e. The molecule has 6 heteroatoms. The standard InChI is InChI=1S/C7H12O3.2C3H7O.Al/c1-5(2)10-7(9)4-6(3)8;2*1-3(2)4;/h4-5,8H,1-3H3;2*3H,1-2H3;/q;2*-1;+3/p-1/b6-4-;;;. The van der Waals surface area contributed by atoms with E-state index in [1.54, 1.807) is 20.8 Å². The molecule has 5 nitrogen and oxygen atoms in total. The van der Waals surface area contributed by atoms with Gasteiger partial charge in [0.2, 0.25) is 0 Å². The van der Waals surface area contributed by atoms with Crippen LogP contribution in [0.3, 0.4) is 0 Å². The number of rotatable bonds is 8. The molecule has 0 spiro atoms. The summed E-state index contributed by atoms with van der Waals surface area (Å²) >= 11 is -2.28. The molecule has 0 aliphatic rings. The molecule has 0 atom stereocenters. The zero-order valence-electron chi connectivity index (χ0n) is 12.9. The van der Waals surface area contributed by atoms with E-state index in [1.165, 1.54) is 6.08 Å². The molecule has 0 aromatic rings. The minimum absolute atomic E-state index is 0.0193. The molecule has 0 unspecified atom stereocenters. The van der Waals surface area contributed by atoms with E-state index in [2.05, 4.69) is 0 Å². The summed E-state index contributed by atoms with van der Waals surface area (Å²) in [5.41, 5.74) is 0. The normalized spacial score (nSPS) is 12.2. The summed E-state index contributed by atoms with van der Waals surface area (Å²) in [6.45, 7) is 12.9. The van der Waals surface area contributed by atoms with Gasteiger partial charge < -0.3 is 16.1 Å². The molecule has 19 heavy (non-hydrogen) atoms. The third-order valence-corrected chi connectivity index (χ3v) is 3.82. The first kappa shape index (κ1) is 18.5. The van der Waals surface area contributed by atoms with E-state index in [-0.39, 0.29) is 18.3 Å². The second-order valence-corrected chi connectivity index (χ2v) is 6.37. The lowest BCUT2D eigenvalue weighted by Gasteiger charge is -2.19. The van der Waals surface area contributed by atoms with Crippen molar-refractivity contribution in [1.29, 1.82) is 0 Å². The van der Waals surface area contributed by atoms with Crippen LogP contribution in [0.4, 0.5) is 0 Å². The van der Waals surface area contributed by atoms with Gasteiger partial charge in [-0.15, -0.1) is 0 Å². The van der Waals surface area contributed by atoms with E-state index in [0.29, 0.717) is 5.76 Å². The summed E-state index contributed by atoms with van der Waals surface area (Å²) in [5.74, 6) is 0.0259. The Morgan fingerprint density at radius 2 is 1.42 bits per heavy atom. The van der Waals surface area contributed by atoms with Crippen molar-refractivity contribution in [2.75, 3.05) is 0 Å². The van der Waals surface area contributed by atoms with Gasteiger partial charge in [0.05, 0.1) is 17.9 Å². The predicted molar refractivity (Wildman–Crippen MR) is 74.3 cm³/mol. The van der Waals surface area contributed by atoms with Crippen LogP contribution in [0.15, 0.2) is 11.8 Å². The second-order valence-electron chi connectivity index (χ2n) is 5.02. The molecule has 0 aromatic heterocycles. The SMILES string of the molecule is C/C(=C/C(=O)OC(C)C)[O][Al]([O]C(C)C)[O]C(C)C. The van der Waals surface area contributed by atoms with Crippen molar-refractivity contribution in [3.05, 3.63) is 11.8 Å². The highest BCUT2D eigenvalue weighted by atomic mass is 27.3. The molecule has 0 radical (unpaired) electrons. The Balaban J connectivity index is 4.47. The molecule has 0 aliphatic heterocycles. The van der Waals surface area contributed by atoms with Gasteiger partial charge in [-0.25, -0.2) is 4.79 Å². The highest BCUT2D eigenvalue weighted by molar-refractivity contribution is 6.36. The van der Waals surface area contributed by atoms with E-state index in [0.717, 1.165) is 0 Å². The van der Waals surface area contributed by atoms with Crippen molar-refractivity contribution in [3.8, 4) is 0 Å². The first-order valence-corrected chi connectivity index (χ1v) is 7.98. The Hall–Kier alpha value is -0.538. The summed E-state index contributed by atoms with van der Waals surface area (Å²) in [6.07, 6.45) is 1.20. The van der Waals surface area contributed by atoms with E-state index in [1.807, 2.05) is 27.7 Å². The maximum atomic E-state index is 11.4. The van der Waals surface area contributed by atoms with Gasteiger partial charge in [-0.3, -0.25) is 0 Å². The fourth-order valence-electron chi connectivity index (χ4n) is 1.15. The Bertz CT molecular complexity index is 289. The Morgan fingerprint density at radius 1 is 0.947 bits per heavy atom. The molecule has 0 amide bonds. The van der Waals surface area contributed by atoms with Crippen LogP contribution >= 0.6 is 0 Å². The van der Waals surface area contributed by atoms with Crippen LogP contribution in [0, 0.1) is 0 Å². The lowest BCUT2D eigenvalue weighted by molar-refractivity contribution is -0.141.